The number of hydrogen-bond acceptors (Lipinski definition) is 5. The van der Waals surface area contributed by atoms with Gasteiger partial charge in [0.15, 0.2) is 5.82 Å². The molecule has 0 aliphatic heterocycles. The molecule has 0 aliphatic rings. The van der Waals surface area contributed by atoms with Crippen molar-refractivity contribution in [2.75, 3.05) is 5.32 Å². The minimum Gasteiger partial charge on any atom is -0.465 e. The average Bonchev–Trinajstić information content (AvgIpc) is 3.40. The SMILES string of the molecule is O=C(Nc1ccc(F)cc1F)/C(=C/c1ccco1)n1nnnc1-c1ccccc1. The smallest absolute Gasteiger partial charge is 0.274 e. The fourth-order valence-corrected chi connectivity index (χ4v) is 2.62. The maximum absolute atomic E-state index is 14.0. The monoisotopic (exact) mass is 393 g/mol. The first kappa shape index (κ1) is 18.2. The summed E-state index contributed by atoms with van der Waals surface area (Å²) in [6.45, 7) is 0. The third-order valence-electron chi connectivity index (χ3n) is 3.96. The van der Waals surface area contributed by atoms with Gasteiger partial charge in [0, 0.05) is 17.7 Å². The van der Waals surface area contributed by atoms with Crippen molar-refractivity contribution < 1.29 is 18.0 Å². The van der Waals surface area contributed by atoms with Crippen LogP contribution in [0.2, 0.25) is 0 Å². The van der Waals surface area contributed by atoms with Gasteiger partial charge in [-0.1, -0.05) is 30.3 Å². The first-order chi connectivity index (χ1) is 14.1. The Hall–Kier alpha value is -4.14. The molecule has 1 N–H and O–H groups in total. The van der Waals surface area contributed by atoms with Crippen molar-refractivity contribution in [3.8, 4) is 11.4 Å². The number of rotatable bonds is 5. The second-order valence-corrected chi connectivity index (χ2v) is 5.90. The quantitative estimate of drug-likeness (QED) is 0.521. The van der Waals surface area contributed by atoms with Crippen LogP contribution < -0.4 is 5.32 Å². The van der Waals surface area contributed by atoms with Gasteiger partial charge in [0.2, 0.25) is 0 Å². The number of nitrogens with zero attached hydrogens (tertiary/aromatic N) is 4. The minimum atomic E-state index is -0.907. The first-order valence-corrected chi connectivity index (χ1v) is 8.47. The summed E-state index contributed by atoms with van der Waals surface area (Å²) in [5, 5.41) is 14.0. The van der Waals surface area contributed by atoms with Crippen LogP contribution in [0.15, 0.2) is 71.3 Å². The second kappa shape index (κ2) is 7.85. The topological polar surface area (TPSA) is 85.8 Å². The summed E-state index contributed by atoms with van der Waals surface area (Å²) in [6, 6.07) is 15.1. The molecule has 0 bridgehead atoms. The summed E-state index contributed by atoms with van der Waals surface area (Å²) >= 11 is 0. The molecule has 2 aromatic heterocycles. The molecular weight excluding hydrogens is 380 g/mol. The number of aromatic nitrogens is 4. The second-order valence-electron chi connectivity index (χ2n) is 5.90. The molecule has 2 heterocycles. The number of amides is 1. The molecule has 4 rings (SSSR count). The number of carbonyl (C=O) groups is 1. The van der Waals surface area contributed by atoms with E-state index < -0.39 is 17.5 Å². The number of hydrogen-bond donors (Lipinski definition) is 1. The zero-order valence-corrected chi connectivity index (χ0v) is 14.8. The Balaban J connectivity index is 1.76. The summed E-state index contributed by atoms with van der Waals surface area (Å²) in [7, 11) is 0. The van der Waals surface area contributed by atoms with E-state index in [1.165, 1.54) is 17.0 Å². The molecule has 0 saturated carbocycles. The molecule has 9 heteroatoms. The van der Waals surface area contributed by atoms with Gasteiger partial charge < -0.3 is 9.73 Å². The van der Waals surface area contributed by atoms with Crippen molar-refractivity contribution in [1.82, 2.24) is 20.2 Å². The van der Waals surface area contributed by atoms with E-state index in [0.29, 0.717) is 23.2 Å². The van der Waals surface area contributed by atoms with Crippen LogP contribution in [0.1, 0.15) is 5.76 Å². The lowest BCUT2D eigenvalue weighted by molar-refractivity contribution is -0.111. The standard InChI is InChI=1S/C20H13F2N5O2/c21-14-8-9-17(16(22)11-14)23-20(28)18(12-15-7-4-10-29-15)27-19(24-25-26-27)13-5-2-1-3-6-13/h1-12H,(H,23,28)/b18-12-. The van der Waals surface area contributed by atoms with Crippen molar-refractivity contribution in [3.63, 3.8) is 0 Å². The van der Waals surface area contributed by atoms with Gasteiger partial charge >= 0.3 is 0 Å². The van der Waals surface area contributed by atoms with Crippen LogP contribution >= 0.6 is 0 Å². The highest BCUT2D eigenvalue weighted by Crippen LogP contribution is 2.22. The van der Waals surface area contributed by atoms with E-state index >= 15 is 0 Å². The van der Waals surface area contributed by atoms with E-state index in [1.807, 2.05) is 6.07 Å². The van der Waals surface area contributed by atoms with Crippen LogP contribution in [0.5, 0.6) is 0 Å². The van der Waals surface area contributed by atoms with Crippen molar-refractivity contribution in [2.45, 2.75) is 0 Å². The summed E-state index contributed by atoms with van der Waals surface area (Å²) in [4.78, 5) is 13.0. The highest BCUT2D eigenvalue weighted by atomic mass is 19.1. The summed E-state index contributed by atoms with van der Waals surface area (Å²) < 4.78 is 33.7. The molecule has 1 amide bonds. The van der Waals surface area contributed by atoms with E-state index in [4.69, 9.17) is 4.42 Å². The Morgan fingerprint density at radius 3 is 2.62 bits per heavy atom. The van der Waals surface area contributed by atoms with E-state index in [2.05, 4.69) is 20.8 Å². The Bertz CT molecular complexity index is 1170. The number of halogens is 2. The third kappa shape index (κ3) is 3.93. The number of benzene rings is 2. The fraction of sp³-hybridized carbons (Fsp3) is 0. The number of anilines is 1. The predicted octanol–water partition coefficient (Wildman–Crippen LogP) is 3.85. The number of nitrogens with one attached hydrogen (secondary N) is 1. The molecule has 0 atom stereocenters. The molecule has 0 fully saturated rings. The molecule has 0 spiro atoms. The molecular formula is C20H13F2N5O2. The molecule has 4 aromatic rings. The van der Waals surface area contributed by atoms with Crippen LogP contribution in [0, 0.1) is 11.6 Å². The van der Waals surface area contributed by atoms with E-state index in [1.54, 1.807) is 36.4 Å². The molecule has 2 aromatic carbocycles. The summed E-state index contributed by atoms with van der Waals surface area (Å²) in [5.41, 5.74) is 0.465. The molecule has 7 nitrogen and oxygen atoms in total. The lowest BCUT2D eigenvalue weighted by atomic mass is 10.2. The van der Waals surface area contributed by atoms with Crippen LogP contribution in [-0.2, 0) is 4.79 Å². The van der Waals surface area contributed by atoms with Crippen LogP contribution in [0.3, 0.4) is 0 Å². The summed E-state index contributed by atoms with van der Waals surface area (Å²) in [5.74, 6) is -1.70. The number of furan rings is 1. The van der Waals surface area contributed by atoms with Crippen molar-refractivity contribution >= 4 is 23.4 Å². The van der Waals surface area contributed by atoms with E-state index in [0.717, 1.165) is 12.1 Å². The van der Waals surface area contributed by atoms with E-state index in [-0.39, 0.29) is 11.4 Å². The van der Waals surface area contributed by atoms with Gasteiger partial charge in [-0.25, -0.2) is 8.78 Å². The first-order valence-electron chi connectivity index (χ1n) is 8.47. The molecule has 144 valence electrons. The maximum atomic E-state index is 14.0. The van der Waals surface area contributed by atoms with Gasteiger partial charge in [0.05, 0.1) is 12.0 Å². The van der Waals surface area contributed by atoms with Gasteiger partial charge in [0.25, 0.3) is 5.91 Å². The van der Waals surface area contributed by atoms with Crippen molar-refractivity contribution in [1.29, 1.82) is 0 Å². The maximum Gasteiger partial charge on any atom is 0.274 e. The number of tetrazole rings is 1. The Morgan fingerprint density at radius 1 is 1.07 bits per heavy atom. The molecule has 29 heavy (non-hydrogen) atoms. The number of carbonyl (C=O) groups excluding carboxylic acids is 1. The van der Waals surface area contributed by atoms with Crippen LogP contribution in [0.25, 0.3) is 23.2 Å². The molecule has 0 aliphatic carbocycles. The highest BCUT2D eigenvalue weighted by Gasteiger charge is 2.21. The predicted molar refractivity (Wildman–Crippen MR) is 101 cm³/mol. The highest BCUT2D eigenvalue weighted by molar-refractivity contribution is 6.24. The third-order valence-corrected chi connectivity index (χ3v) is 3.96. The Kier molecular flexibility index (Phi) is 4.93. The fourth-order valence-electron chi connectivity index (χ4n) is 2.62. The zero-order chi connectivity index (χ0) is 20.2. The minimum absolute atomic E-state index is 0.0208. The Morgan fingerprint density at radius 2 is 1.90 bits per heavy atom. The van der Waals surface area contributed by atoms with Gasteiger partial charge in [-0.3, -0.25) is 4.79 Å². The normalized spacial score (nSPS) is 11.4. The molecule has 0 radical (unpaired) electrons. The van der Waals surface area contributed by atoms with Crippen LogP contribution in [-0.4, -0.2) is 26.1 Å². The lowest BCUT2D eigenvalue weighted by Crippen LogP contribution is -2.20. The van der Waals surface area contributed by atoms with Gasteiger partial charge in [0.1, 0.15) is 23.1 Å². The van der Waals surface area contributed by atoms with E-state index in [9.17, 15) is 13.6 Å². The zero-order valence-electron chi connectivity index (χ0n) is 14.8. The molecule has 0 unspecified atom stereocenters. The van der Waals surface area contributed by atoms with Gasteiger partial charge in [-0.2, -0.15) is 4.68 Å². The largest absolute Gasteiger partial charge is 0.465 e. The van der Waals surface area contributed by atoms with Crippen LogP contribution in [0.4, 0.5) is 14.5 Å². The average molecular weight is 393 g/mol. The van der Waals surface area contributed by atoms with Crippen molar-refractivity contribution in [2.24, 2.45) is 0 Å². The van der Waals surface area contributed by atoms with Gasteiger partial charge in [-0.05, 0) is 34.7 Å². The Labute approximate surface area is 163 Å². The van der Waals surface area contributed by atoms with Gasteiger partial charge in [-0.15, -0.1) is 5.10 Å². The van der Waals surface area contributed by atoms with Crippen molar-refractivity contribution in [3.05, 3.63) is 84.3 Å². The molecule has 0 saturated heterocycles. The summed E-state index contributed by atoms with van der Waals surface area (Å²) in [6.07, 6.45) is 2.86. The lowest BCUT2D eigenvalue weighted by Gasteiger charge is -2.11.